The van der Waals surface area contributed by atoms with Crippen molar-refractivity contribution in [1.29, 1.82) is 0 Å². The van der Waals surface area contributed by atoms with Gasteiger partial charge in [0.05, 0.1) is 5.54 Å². The number of benzene rings is 1. The molecule has 0 saturated heterocycles. The molecule has 1 aliphatic carbocycles. The van der Waals surface area contributed by atoms with Crippen LogP contribution in [-0.4, -0.2) is 5.92 Å². The molecule has 1 aromatic carbocycles. The fraction of sp³-hybridized carbons (Fsp3) is 0.538. The highest BCUT2D eigenvalue weighted by atomic mass is 19.3. The average molecular weight is 225 g/mol. The zero-order valence-corrected chi connectivity index (χ0v) is 9.90. The predicted octanol–water partition coefficient (Wildman–Crippen LogP) is 3.19. The molecule has 0 aromatic heterocycles. The van der Waals surface area contributed by atoms with Crippen molar-refractivity contribution >= 4 is 0 Å². The van der Waals surface area contributed by atoms with E-state index in [2.05, 4.69) is 0 Å². The number of aryl methyl sites for hydroxylation is 3. The minimum atomic E-state index is -2.58. The molecule has 0 radical (unpaired) electrons. The summed E-state index contributed by atoms with van der Waals surface area (Å²) in [6.45, 7) is 5.94. The molecule has 1 aromatic rings. The quantitative estimate of drug-likeness (QED) is 0.780. The molecular weight excluding hydrogens is 208 g/mol. The first kappa shape index (κ1) is 11.5. The SMILES string of the molecule is Cc1cc(C)c(C2(N)CC(F)(F)C2)cc1C. The molecule has 3 heteroatoms. The van der Waals surface area contributed by atoms with Crippen LogP contribution in [0.15, 0.2) is 12.1 Å². The average Bonchev–Trinajstić information content (AvgIpc) is 2.07. The van der Waals surface area contributed by atoms with Gasteiger partial charge in [0.2, 0.25) is 0 Å². The largest absolute Gasteiger partial charge is 0.321 e. The lowest BCUT2D eigenvalue weighted by Gasteiger charge is -2.45. The van der Waals surface area contributed by atoms with Crippen LogP contribution in [0.1, 0.15) is 35.1 Å². The first-order valence-corrected chi connectivity index (χ1v) is 5.49. The number of hydrogen-bond acceptors (Lipinski definition) is 1. The Morgan fingerprint density at radius 1 is 1.00 bits per heavy atom. The van der Waals surface area contributed by atoms with Crippen molar-refractivity contribution in [3.05, 3.63) is 34.4 Å². The molecule has 0 atom stereocenters. The smallest absolute Gasteiger partial charge is 0.252 e. The fourth-order valence-corrected chi connectivity index (χ4v) is 2.56. The molecule has 88 valence electrons. The zero-order chi connectivity index (χ0) is 12.1. The number of alkyl halides is 2. The van der Waals surface area contributed by atoms with Gasteiger partial charge < -0.3 is 5.73 Å². The van der Waals surface area contributed by atoms with Gasteiger partial charge >= 0.3 is 0 Å². The minimum absolute atomic E-state index is 0.233. The summed E-state index contributed by atoms with van der Waals surface area (Å²) in [6.07, 6.45) is -0.466. The number of rotatable bonds is 1. The first-order chi connectivity index (χ1) is 7.23. The van der Waals surface area contributed by atoms with Gasteiger partial charge in [0.1, 0.15) is 0 Å². The number of nitrogens with two attached hydrogens (primary N) is 1. The highest BCUT2D eigenvalue weighted by Crippen LogP contribution is 2.50. The second kappa shape index (κ2) is 3.27. The van der Waals surface area contributed by atoms with Gasteiger partial charge in [0.25, 0.3) is 5.92 Å². The van der Waals surface area contributed by atoms with Gasteiger partial charge in [-0.15, -0.1) is 0 Å². The molecule has 0 heterocycles. The molecule has 0 aliphatic heterocycles. The molecule has 0 bridgehead atoms. The lowest BCUT2D eigenvalue weighted by Crippen LogP contribution is -2.55. The Balaban J connectivity index is 2.39. The molecule has 1 nitrogen and oxygen atoms in total. The Morgan fingerprint density at radius 3 is 2.00 bits per heavy atom. The van der Waals surface area contributed by atoms with Crippen LogP contribution in [0.5, 0.6) is 0 Å². The molecule has 1 fully saturated rings. The van der Waals surface area contributed by atoms with E-state index in [-0.39, 0.29) is 12.8 Å². The normalized spacial score (nSPS) is 21.6. The fourth-order valence-electron chi connectivity index (χ4n) is 2.56. The summed E-state index contributed by atoms with van der Waals surface area (Å²) in [6, 6.07) is 3.98. The van der Waals surface area contributed by atoms with Crippen molar-refractivity contribution in [2.45, 2.75) is 45.1 Å². The van der Waals surface area contributed by atoms with E-state index in [1.807, 2.05) is 32.9 Å². The van der Waals surface area contributed by atoms with Crippen molar-refractivity contribution in [2.24, 2.45) is 5.73 Å². The van der Waals surface area contributed by atoms with E-state index in [0.717, 1.165) is 16.7 Å². The maximum atomic E-state index is 13.0. The summed E-state index contributed by atoms with van der Waals surface area (Å²) in [5.41, 5.74) is 9.39. The Bertz CT molecular complexity index is 430. The van der Waals surface area contributed by atoms with Crippen molar-refractivity contribution in [1.82, 2.24) is 0 Å². The maximum Gasteiger partial charge on any atom is 0.252 e. The molecule has 0 unspecified atom stereocenters. The van der Waals surface area contributed by atoms with Gasteiger partial charge in [0, 0.05) is 12.8 Å². The van der Waals surface area contributed by atoms with Crippen molar-refractivity contribution in [3.8, 4) is 0 Å². The number of hydrogen-bond donors (Lipinski definition) is 1. The van der Waals surface area contributed by atoms with Crippen LogP contribution in [0.25, 0.3) is 0 Å². The van der Waals surface area contributed by atoms with Crippen molar-refractivity contribution < 1.29 is 8.78 Å². The molecule has 1 saturated carbocycles. The van der Waals surface area contributed by atoms with Crippen LogP contribution < -0.4 is 5.73 Å². The lowest BCUT2D eigenvalue weighted by atomic mass is 9.68. The van der Waals surface area contributed by atoms with E-state index in [0.29, 0.717) is 0 Å². The maximum absolute atomic E-state index is 13.0. The lowest BCUT2D eigenvalue weighted by molar-refractivity contribution is -0.125. The van der Waals surface area contributed by atoms with Gasteiger partial charge in [-0.1, -0.05) is 12.1 Å². The molecular formula is C13H17F2N. The van der Waals surface area contributed by atoms with Crippen molar-refractivity contribution in [3.63, 3.8) is 0 Å². The van der Waals surface area contributed by atoms with Gasteiger partial charge in [-0.05, 0) is 43.0 Å². The van der Waals surface area contributed by atoms with Gasteiger partial charge in [-0.2, -0.15) is 0 Å². The second-order valence-corrected chi connectivity index (χ2v) is 5.12. The van der Waals surface area contributed by atoms with Crippen LogP contribution in [0.4, 0.5) is 8.78 Å². The minimum Gasteiger partial charge on any atom is -0.321 e. The van der Waals surface area contributed by atoms with Crippen LogP contribution >= 0.6 is 0 Å². The van der Waals surface area contributed by atoms with E-state index in [1.165, 1.54) is 5.56 Å². The van der Waals surface area contributed by atoms with Crippen LogP contribution in [0, 0.1) is 20.8 Å². The van der Waals surface area contributed by atoms with E-state index in [9.17, 15) is 8.78 Å². The summed E-state index contributed by atoms with van der Waals surface area (Å²) in [4.78, 5) is 0. The summed E-state index contributed by atoms with van der Waals surface area (Å²) >= 11 is 0. The summed E-state index contributed by atoms with van der Waals surface area (Å²) in [5.74, 6) is -2.58. The Labute approximate surface area is 94.7 Å². The molecule has 2 N–H and O–H groups in total. The summed E-state index contributed by atoms with van der Waals surface area (Å²) in [5, 5.41) is 0. The van der Waals surface area contributed by atoms with Crippen LogP contribution in [-0.2, 0) is 5.54 Å². The van der Waals surface area contributed by atoms with E-state index >= 15 is 0 Å². The van der Waals surface area contributed by atoms with Crippen molar-refractivity contribution in [2.75, 3.05) is 0 Å². The third-order valence-corrected chi connectivity index (χ3v) is 3.53. The van der Waals surface area contributed by atoms with E-state index < -0.39 is 11.5 Å². The van der Waals surface area contributed by atoms with E-state index in [1.54, 1.807) is 0 Å². The van der Waals surface area contributed by atoms with Crippen LogP contribution in [0.3, 0.4) is 0 Å². The van der Waals surface area contributed by atoms with Gasteiger partial charge in [-0.3, -0.25) is 0 Å². The monoisotopic (exact) mass is 225 g/mol. The zero-order valence-electron chi connectivity index (χ0n) is 9.90. The third-order valence-electron chi connectivity index (χ3n) is 3.53. The molecule has 1 aliphatic rings. The molecule has 2 rings (SSSR count). The topological polar surface area (TPSA) is 26.0 Å². The highest BCUT2D eigenvalue weighted by molar-refractivity contribution is 5.42. The summed E-state index contributed by atoms with van der Waals surface area (Å²) in [7, 11) is 0. The highest BCUT2D eigenvalue weighted by Gasteiger charge is 2.55. The van der Waals surface area contributed by atoms with E-state index in [4.69, 9.17) is 5.73 Å². The molecule has 0 spiro atoms. The Hall–Kier alpha value is -0.960. The first-order valence-electron chi connectivity index (χ1n) is 5.49. The predicted molar refractivity (Wildman–Crippen MR) is 60.7 cm³/mol. The molecule has 0 amide bonds. The van der Waals surface area contributed by atoms with Gasteiger partial charge in [0.15, 0.2) is 0 Å². The second-order valence-electron chi connectivity index (χ2n) is 5.12. The number of halogens is 2. The van der Waals surface area contributed by atoms with Gasteiger partial charge in [-0.25, -0.2) is 8.78 Å². The van der Waals surface area contributed by atoms with Crippen LogP contribution in [0.2, 0.25) is 0 Å². The Morgan fingerprint density at radius 2 is 1.50 bits per heavy atom. The summed E-state index contributed by atoms with van der Waals surface area (Å²) < 4.78 is 25.9. The third kappa shape index (κ3) is 1.73. The Kier molecular flexibility index (Phi) is 2.35. The standard InChI is InChI=1S/C13H17F2N/c1-8-4-10(3)11(5-9(8)2)12(16)6-13(14,15)7-12/h4-5H,6-7,16H2,1-3H3. The molecule has 16 heavy (non-hydrogen) atoms.